The quantitative estimate of drug-likeness (QED) is 0.679. The number of hydrogen-bond donors (Lipinski definition) is 2. The summed E-state index contributed by atoms with van der Waals surface area (Å²) in [4.78, 5) is 30.2. The Labute approximate surface area is 139 Å². The van der Waals surface area contributed by atoms with Crippen molar-refractivity contribution in [3.8, 4) is 0 Å². The molecule has 3 aromatic rings. The van der Waals surface area contributed by atoms with Crippen molar-refractivity contribution in [3.05, 3.63) is 33.7 Å². The normalized spacial score (nSPS) is 11.3. The lowest BCUT2D eigenvalue weighted by Gasteiger charge is -2.09. The average Bonchev–Trinajstić information content (AvgIpc) is 3.13. The van der Waals surface area contributed by atoms with E-state index in [4.69, 9.17) is 0 Å². The van der Waals surface area contributed by atoms with Crippen molar-refractivity contribution in [2.75, 3.05) is 11.1 Å². The van der Waals surface area contributed by atoms with Crippen LogP contribution in [0.25, 0.3) is 5.78 Å². The topological polar surface area (TPSA) is 105 Å². The van der Waals surface area contributed by atoms with E-state index in [1.807, 2.05) is 13.8 Å². The zero-order chi connectivity index (χ0) is 16.4. The SMILES string of the molecule is CC(C)c1cc(=O)[nH]c2nnc(SCC(=O)Nc3nccs3)n12. The first kappa shape index (κ1) is 15.7. The average molecular weight is 350 g/mol. The maximum absolute atomic E-state index is 11.9. The van der Waals surface area contributed by atoms with Crippen molar-refractivity contribution in [3.63, 3.8) is 0 Å². The number of hydrogen-bond acceptors (Lipinski definition) is 7. The molecule has 0 fully saturated rings. The third-order valence-electron chi connectivity index (χ3n) is 3.01. The van der Waals surface area contributed by atoms with Crippen LogP contribution in [0.5, 0.6) is 0 Å². The summed E-state index contributed by atoms with van der Waals surface area (Å²) in [6.45, 7) is 3.97. The number of aromatic amines is 1. The first-order chi connectivity index (χ1) is 11.0. The van der Waals surface area contributed by atoms with Gasteiger partial charge in [0.25, 0.3) is 5.56 Å². The number of nitrogens with one attached hydrogen (secondary N) is 2. The summed E-state index contributed by atoms with van der Waals surface area (Å²) in [5, 5.41) is 13.7. The molecule has 2 N–H and O–H groups in total. The lowest BCUT2D eigenvalue weighted by Crippen LogP contribution is -2.15. The molecule has 1 amide bonds. The van der Waals surface area contributed by atoms with Gasteiger partial charge in [0.05, 0.1) is 5.75 Å². The summed E-state index contributed by atoms with van der Waals surface area (Å²) >= 11 is 2.62. The zero-order valence-electron chi connectivity index (χ0n) is 12.4. The second-order valence-corrected chi connectivity index (χ2v) is 6.87. The third-order valence-corrected chi connectivity index (χ3v) is 4.63. The summed E-state index contributed by atoms with van der Waals surface area (Å²) in [5.74, 6) is 0.511. The number of thioether (sulfide) groups is 1. The van der Waals surface area contributed by atoms with Crippen molar-refractivity contribution in [2.24, 2.45) is 0 Å². The molecule has 0 saturated heterocycles. The van der Waals surface area contributed by atoms with E-state index in [9.17, 15) is 9.59 Å². The molecule has 8 nitrogen and oxygen atoms in total. The van der Waals surface area contributed by atoms with E-state index in [0.717, 1.165) is 5.69 Å². The maximum Gasteiger partial charge on any atom is 0.252 e. The summed E-state index contributed by atoms with van der Waals surface area (Å²) in [5.41, 5.74) is 0.586. The number of amides is 1. The second kappa shape index (κ2) is 6.50. The molecule has 0 spiro atoms. The van der Waals surface area contributed by atoms with Gasteiger partial charge >= 0.3 is 0 Å². The van der Waals surface area contributed by atoms with Crippen LogP contribution in [0.3, 0.4) is 0 Å². The van der Waals surface area contributed by atoms with E-state index in [2.05, 4.69) is 25.5 Å². The highest BCUT2D eigenvalue weighted by molar-refractivity contribution is 7.99. The molecule has 10 heteroatoms. The minimum Gasteiger partial charge on any atom is -0.301 e. The fraction of sp³-hybridized carbons (Fsp3) is 0.308. The van der Waals surface area contributed by atoms with E-state index in [-0.39, 0.29) is 23.1 Å². The lowest BCUT2D eigenvalue weighted by atomic mass is 10.1. The van der Waals surface area contributed by atoms with Gasteiger partial charge in [-0.15, -0.1) is 21.5 Å². The van der Waals surface area contributed by atoms with Crippen LogP contribution < -0.4 is 10.9 Å². The van der Waals surface area contributed by atoms with Crippen molar-refractivity contribution >= 4 is 39.9 Å². The lowest BCUT2D eigenvalue weighted by molar-refractivity contribution is -0.113. The number of anilines is 1. The Balaban J connectivity index is 1.80. The monoisotopic (exact) mass is 350 g/mol. The first-order valence-electron chi connectivity index (χ1n) is 6.85. The summed E-state index contributed by atoms with van der Waals surface area (Å²) in [7, 11) is 0. The summed E-state index contributed by atoms with van der Waals surface area (Å²) < 4.78 is 1.77. The van der Waals surface area contributed by atoms with E-state index in [1.54, 1.807) is 16.0 Å². The van der Waals surface area contributed by atoms with E-state index in [0.29, 0.717) is 16.1 Å². The molecular weight excluding hydrogens is 336 g/mol. The van der Waals surface area contributed by atoms with Gasteiger partial charge in [-0.2, -0.15) is 0 Å². The molecule has 0 saturated carbocycles. The van der Waals surface area contributed by atoms with Gasteiger partial charge in [-0.1, -0.05) is 25.6 Å². The van der Waals surface area contributed by atoms with Gasteiger partial charge in [0.15, 0.2) is 10.3 Å². The van der Waals surface area contributed by atoms with Gasteiger partial charge in [-0.3, -0.25) is 19.0 Å². The molecular formula is C13H14N6O2S2. The third kappa shape index (κ3) is 3.42. The van der Waals surface area contributed by atoms with Gasteiger partial charge in [0, 0.05) is 23.3 Å². The van der Waals surface area contributed by atoms with Crippen LogP contribution in [0.2, 0.25) is 0 Å². The Morgan fingerprint density at radius 2 is 2.30 bits per heavy atom. The number of nitrogens with zero attached hydrogens (tertiary/aromatic N) is 4. The number of carbonyl (C=O) groups excluding carboxylic acids is 1. The van der Waals surface area contributed by atoms with Crippen molar-refractivity contribution < 1.29 is 4.79 Å². The van der Waals surface area contributed by atoms with Gasteiger partial charge in [0.2, 0.25) is 11.7 Å². The van der Waals surface area contributed by atoms with Gasteiger partial charge in [-0.05, 0) is 5.92 Å². The van der Waals surface area contributed by atoms with Gasteiger partial charge < -0.3 is 5.32 Å². The number of aromatic nitrogens is 5. The Bertz CT molecular complexity index is 884. The Morgan fingerprint density at radius 1 is 1.48 bits per heavy atom. The number of thiazole rings is 1. The second-order valence-electron chi connectivity index (χ2n) is 5.03. The molecule has 3 heterocycles. The molecule has 0 aromatic carbocycles. The molecule has 0 aliphatic carbocycles. The van der Waals surface area contributed by atoms with Crippen molar-refractivity contribution in [2.45, 2.75) is 24.9 Å². The van der Waals surface area contributed by atoms with Crippen LogP contribution in [-0.4, -0.2) is 36.2 Å². The number of fused-ring (bicyclic) bond motifs is 1. The fourth-order valence-electron chi connectivity index (χ4n) is 2.02. The van der Waals surface area contributed by atoms with Crippen LogP contribution >= 0.6 is 23.1 Å². The standard InChI is InChI=1S/C13H14N6O2S2/c1-7(2)8-5-9(20)15-11-17-18-13(19(8)11)23-6-10(21)16-12-14-3-4-22-12/h3-5,7H,6H2,1-2H3,(H,14,16,21)(H,15,17,20). The molecule has 0 aliphatic rings. The van der Waals surface area contributed by atoms with Crippen LogP contribution in [0.4, 0.5) is 5.13 Å². The number of H-pyrrole nitrogens is 1. The number of carbonyl (C=O) groups is 1. The van der Waals surface area contributed by atoms with Crippen LogP contribution in [0.1, 0.15) is 25.5 Å². The highest BCUT2D eigenvalue weighted by atomic mass is 32.2. The van der Waals surface area contributed by atoms with Crippen LogP contribution in [0, 0.1) is 0 Å². The predicted molar refractivity (Wildman–Crippen MR) is 89.2 cm³/mol. The van der Waals surface area contributed by atoms with Gasteiger partial charge in [0.1, 0.15) is 0 Å². The minimum absolute atomic E-state index is 0.124. The molecule has 0 bridgehead atoms. The highest BCUT2D eigenvalue weighted by Crippen LogP contribution is 2.21. The number of rotatable bonds is 5. The van der Waals surface area contributed by atoms with Crippen LogP contribution in [0.15, 0.2) is 27.6 Å². The molecule has 120 valence electrons. The Morgan fingerprint density at radius 3 is 3.00 bits per heavy atom. The minimum atomic E-state index is -0.216. The van der Waals surface area contributed by atoms with Crippen molar-refractivity contribution in [1.29, 1.82) is 0 Å². The molecule has 0 unspecified atom stereocenters. The molecule has 0 radical (unpaired) electrons. The largest absolute Gasteiger partial charge is 0.301 e. The molecule has 0 aliphatic heterocycles. The summed E-state index contributed by atoms with van der Waals surface area (Å²) in [6, 6.07) is 1.53. The van der Waals surface area contributed by atoms with E-state index in [1.165, 1.54) is 29.2 Å². The Kier molecular flexibility index (Phi) is 4.44. The molecule has 0 atom stereocenters. The van der Waals surface area contributed by atoms with E-state index >= 15 is 0 Å². The smallest absolute Gasteiger partial charge is 0.252 e. The van der Waals surface area contributed by atoms with E-state index < -0.39 is 0 Å². The maximum atomic E-state index is 11.9. The van der Waals surface area contributed by atoms with Gasteiger partial charge in [-0.25, -0.2) is 4.98 Å². The molecule has 3 rings (SSSR count). The summed E-state index contributed by atoms with van der Waals surface area (Å²) in [6.07, 6.45) is 1.63. The Hall–Kier alpha value is -2.20. The fourth-order valence-corrected chi connectivity index (χ4v) is 3.31. The van der Waals surface area contributed by atoms with Crippen molar-refractivity contribution in [1.82, 2.24) is 24.6 Å². The molecule has 23 heavy (non-hydrogen) atoms. The molecule has 3 aromatic heterocycles. The highest BCUT2D eigenvalue weighted by Gasteiger charge is 2.15. The van der Waals surface area contributed by atoms with Crippen LogP contribution in [-0.2, 0) is 4.79 Å². The zero-order valence-corrected chi connectivity index (χ0v) is 14.1. The first-order valence-corrected chi connectivity index (χ1v) is 8.71. The predicted octanol–water partition coefficient (Wildman–Crippen LogP) is 1.73.